The molecule has 5 rings (SSSR count). The number of piperidine rings is 1. The third-order valence-corrected chi connectivity index (χ3v) is 6.81. The number of para-hydroxylation sites is 1. The van der Waals surface area contributed by atoms with Gasteiger partial charge in [0.05, 0.1) is 11.3 Å². The molecule has 0 aliphatic carbocycles. The van der Waals surface area contributed by atoms with E-state index in [1.807, 2.05) is 30.3 Å². The summed E-state index contributed by atoms with van der Waals surface area (Å²) in [4.78, 5) is 16.0. The number of aryl methyl sites for hydroxylation is 1. The van der Waals surface area contributed by atoms with Crippen LogP contribution in [0.5, 0.6) is 0 Å². The second kappa shape index (κ2) is 6.78. The zero-order valence-electron chi connectivity index (χ0n) is 16.6. The minimum absolute atomic E-state index is 0.0598. The van der Waals surface area contributed by atoms with Crippen LogP contribution in [-0.4, -0.2) is 40.5 Å². The zero-order chi connectivity index (χ0) is 19.3. The van der Waals surface area contributed by atoms with Gasteiger partial charge in [-0.25, -0.2) is 0 Å². The normalized spacial score (nSPS) is 24.6. The van der Waals surface area contributed by atoms with Crippen molar-refractivity contribution in [2.24, 2.45) is 7.05 Å². The summed E-state index contributed by atoms with van der Waals surface area (Å²) in [6, 6.07) is 20.0. The number of aromatic nitrogens is 1. The summed E-state index contributed by atoms with van der Waals surface area (Å²) in [6.07, 6.45) is 4.64. The van der Waals surface area contributed by atoms with Crippen molar-refractivity contribution in [2.45, 2.75) is 43.8 Å². The van der Waals surface area contributed by atoms with Crippen LogP contribution >= 0.6 is 0 Å². The van der Waals surface area contributed by atoms with Crippen molar-refractivity contribution in [3.8, 4) is 11.3 Å². The molecule has 1 aromatic heterocycles. The Hall–Kier alpha value is -2.59. The third-order valence-electron chi connectivity index (χ3n) is 6.81. The molecule has 28 heavy (non-hydrogen) atoms. The van der Waals surface area contributed by atoms with E-state index in [1.54, 1.807) is 0 Å². The molecule has 3 heterocycles. The maximum atomic E-state index is 13.5. The van der Waals surface area contributed by atoms with E-state index in [2.05, 4.69) is 53.1 Å². The summed E-state index contributed by atoms with van der Waals surface area (Å²) in [5, 5.41) is 4.42. The van der Waals surface area contributed by atoms with Crippen LogP contribution in [0.2, 0.25) is 0 Å². The smallest absolute Gasteiger partial charge is 0.254 e. The van der Waals surface area contributed by atoms with E-state index < -0.39 is 0 Å². The summed E-state index contributed by atoms with van der Waals surface area (Å²) < 4.78 is 2.15. The molecule has 4 heteroatoms. The summed E-state index contributed by atoms with van der Waals surface area (Å²) >= 11 is 0. The fourth-order valence-electron chi connectivity index (χ4n) is 5.34. The Morgan fingerprint density at radius 2 is 1.57 bits per heavy atom. The number of nitrogens with zero attached hydrogens (tertiary/aromatic N) is 2. The van der Waals surface area contributed by atoms with E-state index in [0.717, 1.165) is 40.6 Å². The highest BCUT2D eigenvalue weighted by atomic mass is 16.1. The summed E-state index contributed by atoms with van der Waals surface area (Å²) in [5.74, 6) is 0.0598. The van der Waals surface area contributed by atoms with Gasteiger partial charge in [0, 0.05) is 36.1 Å². The first-order valence-corrected chi connectivity index (χ1v) is 10.3. The predicted octanol–water partition coefficient (Wildman–Crippen LogP) is 4.20. The molecule has 2 bridgehead atoms. The summed E-state index contributed by atoms with van der Waals surface area (Å²) in [7, 11) is 4.29. The molecular formula is C24H27N3O. The highest BCUT2D eigenvalue weighted by Crippen LogP contribution is 2.36. The minimum Gasteiger partial charge on any atom is -0.349 e. The number of carbonyl (C=O) groups is 1. The molecule has 2 aliphatic heterocycles. The molecule has 1 N–H and O–H groups in total. The Bertz CT molecular complexity index is 1010. The maximum Gasteiger partial charge on any atom is 0.254 e. The fourth-order valence-corrected chi connectivity index (χ4v) is 5.34. The number of carbonyl (C=O) groups excluding carboxylic acids is 1. The largest absolute Gasteiger partial charge is 0.349 e. The van der Waals surface area contributed by atoms with Gasteiger partial charge in [-0.05, 0) is 44.4 Å². The first-order valence-electron chi connectivity index (χ1n) is 10.3. The molecule has 0 spiro atoms. The number of hydrogen-bond acceptors (Lipinski definition) is 2. The van der Waals surface area contributed by atoms with Crippen molar-refractivity contribution >= 4 is 16.8 Å². The Labute approximate surface area is 166 Å². The van der Waals surface area contributed by atoms with Crippen LogP contribution in [0.3, 0.4) is 0 Å². The SMILES string of the molecule is CN1[C@@H]2CC[C@H]1CC(NC(=O)c1c(-c3ccccc3)n(C)c3ccccc13)C2. The van der Waals surface area contributed by atoms with Crippen LogP contribution in [0, 0.1) is 0 Å². The standard InChI is InChI=1S/C24H27N3O/c1-26-18-12-13-19(26)15-17(14-18)25-24(28)22-20-10-6-7-11-21(20)27(2)23(22)16-8-4-3-5-9-16/h3-11,17-19H,12-15H2,1-2H3,(H,25,28)/t17?,18-,19+. The van der Waals surface area contributed by atoms with Crippen molar-refractivity contribution in [2.75, 3.05) is 7.05 Å². The maximum absolute atomic E-state index is 13.5. The Kier molecular flexibility index (Phi) is 4.24. The van der Waals surface area contributed by atoms with Gasteiger partial charge in [-0.1, -0.05) is 48.5 Å². The molecule has 2 aliphatic rings. The molecule has 3 aromatic rings. The van der Waals surface area contributed by atoms with E-state index >= 15 is 0 Å². The Morgan fingerprint density at radius 1 is 0.929 bits per heavy atom. The van der Waals surface area contributed by atoms with Gasteiger partial charge in [0.15, 0.2) is 0 Å². The molecular weight excluding hydrogens is 346 g/mol. The zero-order valence-corrected chi connectivity index (χ0v) is 16.6. The van der Waals surface area contributed by atoms with Gasteiger partial charge in [0.2, 0.25) is 0 Å². The van der Waals surface area contributed by atoms with Gasteiger partial charge in [0.25, 0.3) is 5.91 Å². The molecule has 1 amide bonds. The number of amides is 1. The number of fused-ring (bicyclic) bond motifs is 3. The van der Waals surface area contributed by atoms with Gasteiger partial charge in [-0.2, -0.15) is 0 Å². The van der Waals surface area contributed by atoms with E-state index in [1.165, 1.54) is 12.8 Å². The fraction of sp³-hybridized carbons (Fsp3) is 0.375. The van der Waals surface area contributed by atoms with Crippen molar-refractivity contribution < 1.29 is 4.79 Å². The number of rotatable bonds is 3. The van der Waals surface area contributed by atoms with Crippen molar-refractivity contribution in [1.29, 1.82) is 0 Å². The van der Waals surface area contributed by atoms with Crippen molar-refractivity contribution in [3.63, 3.8) is 0 Å². The van der Waals surface area contributed by atoms with Gasteiger partial charge < -0.3 is 14.8 Å². The number of benzene rings is 2. The molecule has 4 nitrogen and oxygen atoms in total. The van der Waals surface area contributed by atoms with E-state index in [9.17, 15) is 4.79 Å². The van der Waals surface area contributed by atoms with E-state index in [4.69, 9.17) is 0 Å². The lowest BCUT2D eigenvalue weighted by molar-refractivity contribution is 0.0884. The molecule has 3 atom stereocenters. The highest BCUT2D eigenvalue weighted by molar-refractivity contribution is 6.12. The van der Waals surface area contributed by atoms with E-state index in [-0.39, 0.29) is 11.9 Å². The highest BCUT2D eigenvalue weighted by Gasteiger charge is 2.39. The number of hydrogen-bond donors (Lipinski definition) is 1. The minimum atomic E-state index is 0.0598. The molecule has 2 fully saturated rings. The molecule has 1 unspecified atom stereocenters. The molecule has 0 saturated carbocycles. The van der Waals surface area contributed by atoms with Crippen LogP contribution in [0.1, 0.15) is 36.0 Å². The third kappa shape index (κ3) is 2.75. The van der Waals surface area contributed by atoms with Crippen LogP contribution in [-0.2, 0) is 7.05 Å². The Balaban J connectivity index is 1.54. The van der Waals surface area contributed by atoms with Gasteiger partial charge in [-0.15, -0.1) is 0 Å². The van der Waals surface area contributed by atoms with Crippen molar-refractivity contribution in [1.82, 2.24) is 14.8 Å². The monoisotopic (exact) mass is 373 g/mol. The second-order valence-corrected chi connectivity index (χ2v) is 8.36. The lowest BCUT2D eigenvalue weighted by atomic mass is 9.97. The van der Waals surface area contributed by atoms with Crippen LogP contribution in [0.25, 0.3) is 22.2 Å². The molecule has 144 valence electrons. The second-order valence-electron chi connectivity index (χ2n) is 8.36. The lowest BCUT2D eigenvalue weighted by Crippen LogP contribution is -2.48. The first kappa shape index (κ1) is 17.5. The van der Waals surface area contributed by atoms with Gasteiger partial charge in [0.1, 0.15) is 0 Å². The van der Waals surface area contributed by atoms with Crippen LogP contribution in [0.4, 0.5) is 0 Å². The first-order chi connectivity index (χ1) is 13.6. The van der Waals surface area contributed by atoms with E-state index in [0.29, 0.717) is 12.1 Å². The van der Waals surface area contributed by atoms with Gasteiger partial charge >= 0.3 is 0 Å². The molecule has 2 aromatic carbocycles. The summed E-state index contributed by atoms with van der Waals surface area (Å²) in [6.45, 7) is 0. The quantitative estimate of drug-likeness (QED) is 0.747. The molecule has 0 radical (unpaired) electrons. The van der Waals surface area contributed by atoms with Gasteiger partial charge in [-0.3, -0.25) is 4.79 Å². The van der Waals surface area contributed by atoms with Crippen LogP contribution < -0.4 is 5.32 Å². The average Bonchev–Trinajstić information content (AvgIpc) is 3.10. The topological polar surface area (TPSA) is 37.3 Å². The molecule has 2 saturated heterocycles. The average molecular weight is 374 g/mol. The lowest BCUT2D eigenvalue weighted by Gasteiger charge is -2.36. The summed E-state index contributed by atoms with van der Waals surface area (Å²) in [5.41, 5.74) is 3.97. The van der Waals surface area contributed by atoms with Crippen molar-refractivity contribution in [3.05, 3.63) is 60.2 Å². The van der Waals surface area contributed by atoms with Crippen LogP contribution in [0.15, 0.2) is 54.6 Å². The predicted molar refractivity (Wildman–Crippen MR) is 113 cm³/mol. The number of nitrogens with one attached hydrogen (secondary N) is 1. The Morgan fingerprint density at radius 3 is 2.29 bits per heavy atom.